The van der Waals surface area contributed by atoms with Gasteiger partial charge >= 0.3 is 0 Å². The van der Waals surface area contributed by atoms with Crippen LogP contribution in [0.2, 0.25) is 0 Å². The fraction of sp³-hybridized carbons (Fsp3) is 0.786. The van der Waals surface area contributed by atoms with Gasteiger partial charge in [0, 0.05) is 0 Å². The number of nitrogens with zero attached hydrogens (tertiary/aromatic N) is 1. The largest absolute Gasteiger partial charge is 0.307 e. The molecule has 2 rings (SSSR count). The van der Waals surface area contributed by atoms with E-state index in [1.54, 1.807) is 0 Å². The van der Waals surface area contributed by atoms with Crippen molar-refractivity contribution in [2.45, 2.75) is 125 Å². The minimum Gasteiger partial charge on any atom is -0.307 e. The van der Waals surface area contributed by atoms with Gasteiger partial charge in [-0.2, -0.15) is 0 Å². The summed E-state index contributed by atoms with van der Waals surface area (Å²) in [4.78, 5) is 0. The Morgan fingerprint density at radius 2 is 1.39 bits per heavy atom. The first kappa shape index (κ1) is 26.5. The Labute approximate surface area is 194 Å². The minimum atomic E-state index is 0.0232. The molecule has 176 valence electrons. The van der Waals surface area contributed by atoms with Gasteiger partial charge in [-0.25, -0.2) is 4.74 Å². The molecule has 1 aromatic rings. The molecule has 1 aromatic carbocycles. The standard InChI is InChI=1S/C28H48NOP/c1-18(2)21-14-13-19(3)15-24(21)30-31-29-25-22(27(7,8)9)16-20(26(4,5)6)17-23(25)28(10,11)12/h16-19,21,24H,13-15H2,1-12H3/t19-,21+,24-/m1/s1. The van der Waals surface area contributed by atoms with Crippen molar-refractivity contribution in [2.24, 2.45) is 22.5 Å². The molecule has 0 heterocycles. The van der Waals surface area contributed by atoms with E-state index in [0.717, 1.165) is 26.6 Å². The van der Waals surface area contributed by atoms with Crippen molar-refractivity contribution >= 4 is 14.3 Å². The van der Waals surface area contributed by atoms with E-state index in [2.05, 4.69) is 95.2 Å². The van der Waals surface area contributed by atoms with E-state index in [9.17, 15) is 0 Å². The molecule has 0 unspecified atom stereocenters. The lowest BCUT2D eigenvalue weighted by atomic mass is 9.74. The molecule has 1 aliphatic rings. The van der Waals surface area contributed by atoms with Crippen molar-refractivity contribution in [3.05, 3.63) is 28.8 Å². The Morgan fingerprint density at radius 3 is 1.81 bits per heavy atom. The third kappa shape index (κ3) is 6.88. The maximum atomic E-state index is 6.47. The molecule has 0 bridgehead atoms. The van der Waals surface area contributed by atoms with Crippen LogP contribution in [0.4, 0.5) is 5.69 Å². The van der Waals surface area contributed by atoms with Crippen LogP contribution in [-0.4, -0.2) is 6.10 Å². The average Bonchev–Trinajstić information content (AvgIpc) is 2.58. The lowest BCUT2D eigenvalue weighted by Crippen LogP contribution is -2.32. The highest BCUT2D eigenvalue weighted by Gasteiger charge is 2.32. The number of hydrogen-bond acceptors (Lipinski definition) is 2. The van der Waals surface area contributed by atoms with Gasteiger partial charge in [0.1, 0.15) is 0 Å². The van der Waals surface area contributed by atoms with E-state index in [0.29, 0.717) is 17.9 Å². The second kappa shape index (κ2) is 9.64. The van der Waals surface area contributed by atoms with Crippen LogP contribution >= 0.6 is 8.60 Å². The fourth-order valence-corrected chi connectivity index (χ4v) is 5.39. The van der Waals surface area contributed by atoms with E-state index < -0.39 is 0 Å². The van der Waals surface area contributed by atoms with Gasteiger partial charge in [-0.15, -0.1) is 0 Å². The van der Waals surface area contributed by atoms with Gasteiger partial charge in [-0.1, -0.05) is 102 Å². The van der Waals surface area contributed by atoms with Gasteiger partial charge in [0.2, 0.25) is 0 Å². The van der Waals surface area contributed by atoms with Crippen LogP contribution in [0, 0.1) is 17.8 Å². The maximum Gasteiger partial charge on any atom is 0.178 e. The molecule has 3 atom stereocenters. The number of rotatable bonds is 4. The van der Waals surface area contributed by atoms with Crippen LogP contribution in [0.1, 0.15) is 119 Å². The van der Waals surface area contributed by atoms with E-state index in [1.165, 1.54) is 29.5 Å². The third-order valence-electron chi connectivity index (χ3n) is 6.88. The molecule has 2 nitrogen and oxygen atoms in total. The Balaban J connectivity index is 2.51. The van der Waals surface area contributed by atoms with Crippen LogP contribution in [0.15, 0.2) is 16.9 Å². The number of benzene rings is 1. The summed E-state index contributed by atoms with van der Waals surface area (Å²) in [7, 11) is 0.752. The van der Waals surface area contributed by atoms with Gasteiger partial charge in [0.25, 0.3) is 0 Å². The van der Waals surface area contributed by atoms with Crippen molar-refractivity contribution in [3.8, 4) is 0 Å². The molecule has 1 saturated carbocycles. The smallest absolute Gasteiger partial charge is 0.178 e. The minimum absolute atomic E-state index is 0.0232. The molecule has 0 spiro atoms. The Hall–Kier alpha value is -0.720. The van der Waals surface area contributed by atoms with Crippen molar-refractivity contribution in [3.63, 3.8) is 0 Å². The Kier molecular flexibility index (Phi) is 8.25. The predicted molar refractivity (Wildman–Crippen MR) is 138 cm³/mol. The highest BCUT2D eigenvalue weighted by atomic mass is 31.1. The molecule has 0 aliphatic heterocycles. The van der Waals surface area contributed by atoms with Crippen molar-refractivity contribution in [1.29, 1.82) is 0 Å². The van der Waals surface area contributed by atoms with Crippen LogP contribution in [0.25, 0.3) is 0 Å². The summed E-state index contributed by atoms with van der Waals surface area (Å²) < 4.78 is 11.6. The molecule has 0 amide bonds. The zero-order chi connectivity index (χ0) is 23.8. The highest BCUT2D eigenvalue weighted by molar-refractivity contribution is 7.20. The van der Waals surface area contributed by atoms with Crippen LogP contribution in [0.5, 0.6) is 0 Å². The average molecular weight is 446 g/mol. The summed E-state index contributed by atoms with van der Waals surface area (Å²) in [5.74, 6) is 2.05. The van der Waals surface area contributed by atoms with Crippen LogP contribution in [0.3, 0.4) is 0 Å². The summed E-state index contributed by atoms with van der Waals surface area (Å²) in [5, 5.41) is 0. The summed E-state index contributed by atoms with van der Waals surface area (Å²) in [6.45, 7) is 27.8. The first-order valence-corrected chi connectivity index (χ1v) is 13.0. The molecule has 0 saturated heterocycles. The van der Waals surface area contributed by atoms with E-state index in [1.807, 2.05) is 0 Å². The molecule has 1 fully saturated rings. The lowest BCUT2D eigenvalue weighted by Gasteiger charge is -2.35. The zero-order valence-corrected chi connectivity index (χ0v) is 23.3. The van der Waals surface area contributed by atoms with Gasteiger partial charge in [0.05, 0.1) is 11.8 Å². The van der Waals surface area contributed by atoms with E-state index in [-0.39, 0.29) is 16.2 Å². The third-order valence-corrected chi connectivity index (χ3v) is 7.52. The van der Waals surface area contributed by atoms with Gasteiger partial charge in [-0.3, -0.25) is 0 Å². The molecule has 0 aromatic heterocycles. The van der Waals surface area contributed by atoms with E-state index in [4.69, 9.17) is 9.27 Å². The predicted octanol–water partition coefficient (Wildman–Crippen LogP) is 9.73. The summed E-state index contributed by atoms with van der Waals surface area (Å²) in [5.41, 5.74) is 5.34. The second-order valence-electron chi connectivity index (χ2n) is 13.3. The first-order chi connectivity index (χ1) is 14.0. The molecular weight excluding hydrogens is 397 g/mol. The summed E-state index contributed by atoms with van der Waals surface area (Å²) in [6.07, 6.45) is 4.08. The summed E-state index contributed by atoms with van der Waals surface area (Å²) in [6, 6.07) is 4.78. The molecule has 31 heavy (non-hydrogen) atoms. The van der Waals surface area contributed by atoms with Gasteiger partial charge < -0.3 is 4.52 Å². The molecular formula is C28H48NOP. The van der Waals surface area contributed by atoms with Crippen molar-refractivity contribution in [2.75, 3.05) is 0 Å². The highest BCUT2D eigenvalue weighted by Crippen LogP contribution is 2.45. The number of hydrogen-bond donors (Lipinski definition) is 0. The molecule has 3 heteroatoms. The summed E-state index contributed by atoms with van der Waals surface area (Å²) >= 11 is 0. The Morgan fingerprint density at radius 1 is 0.871 bits per heavy atom. The SMILES string of the molecule is CC(C)[C@@H]1CC[C@@H](C)C[C@H]1OP=Nc1c(C(C)(C)C)cc(C(C)(C)C)cc1C(C)(C)C. The monoisotopic (exact) mass is 445 g/mol. The normalized spacial score (nSPS) is 23.7. The molecule has 0 N–H and O–H groups in total. The van der Waals surface area contributed by atoms with Crippen molar-refractivity contribution in [1.82, 2.24) is 0 Å². The Bertz CT molecular complexity index is 739. The first-order valence-electron chi connectivity index (χ1n) is 12.3. The molecule has 1 aliphatic carbocycles. The van der Waals surface area contributed by atoms with Gasteiger partial charge in [-0.05, 0) is 63.5 Å². The topological polar surface area (TPSA) is 21.6 Å². The van der Waals surface area contributed by atoms with E-state index >= 15 is 0 Å². The fourth-order valence-electron chi connectivity index (χ4n) is 4.68. The quantitative estimate of drug-likeness (QED) is 0.423. The molecule has 0 radical (unpaired) electrons. The van der Waals surface area contributed by atoms with Crippen LogP contribution in [-0.2, 0) is 20.8 Å². The van der Waals surface area contributed by atoms with Gasteiger partial charge in [0.15, 0.2) is 8.60 Å². The van der Waals surface area contributed by atoms with Crippen LogP contribution < -0.4 is 0 Å². The van der Waals surface area contributed by atoms with Crippen molar-refractivity contribution < 1.29 is 4.52 Å². The zero-order valence-electron chi connectivity index (χ0n) is 22.4. The maximum absolute atomic E-state index is 6.47. The second-order valence-corrected chi connectivity index (χ2v) is 13.9. The lowest BCUT2D eigenvalue weighted by molar-refractivity contribution is 0.0597.